The van der Waals surface area contributed by atoms with E-state index < -0.39 is 0 Å². The van der Waals surface area contributed by atoms with Crippen LogP contribution in [0.3, 0.4) is 0 Å². The van der Waals surface area contributed by atoms with E-state index in [1.54, 1.807) is 0 Å². The molecule has 0 radical (unpaired) electrons. The van der Waals surface area contributed by atoms with Gasteiger partial charge in [0.05, 0.1) is 11.0 Å². The summed E-state index contributed by atoms with van der Waals surface area (Å²) >= 11 is 0. The summed E-state index contributed by atoms with van der Waals surface area (Å²) in [6.07, 6.45) is 4.41. The van der Waals surface area contributed by atoms with Gasteiger partial charge in [0.25, 0.3) is 0 Å². The number of unbranched alkanes of at least 4 members (excludes halogenated alkanes) is 1. The van der Waals surface area contributed by atoms with Gasteiger partial charge in [-0.15, -0.1) is 0 Å². The van der Waals surface area contributed by atoms with Crippen molar-refractivity contribution < 1.29 is 0 Å². The van der Waals surface area contributed by atoms with Crippen LogP contribution in [0.1, 0.15) is 32.0 Å². The third-order valence-corrected chi connectivity index (χ3v) is 3.04. The average Bonchev–Trinajstić information content (AvgIpc) is 2.69. The monoisotopic (exact) mass is 231 g/mol. The van der Waals surface area contributed by atoms with E-state index in [1.165, 1.54) is 11.3 Å². The number of nitrogens with zero attached hydrogens (tertiary/aromatic N) is 2. The lowest BCUT2D eigenvalue weighted by atomic mass is 10.2. The molecule has 0 aliphatic heterocycles. The predicted molar refractivity (Wildman–Crippen MR) is 72.0 cm³/mol. The van der Waals surface area contributed by atoms with Crippen LogP contribution in [0.4, 0.5) is 0 Å². The summed E-state index contributed by atoms with van der Waals surface area (Å²) in [4.78, 5) is 4.71. The van der Waals surface area contributed by atoms with Crippen molar-refractivity contribution in [2.45, 2.75) is 39.2 Å². The van der Waals surface area contributed by atoms with E-state index >= 15 is 0 Å². The Morgan fingerprint density at radius 1 is 1.24 bits per heavy atom. The minimum Gasteiger partial charge on any atom is -0.330 e. The van der Waals surface area contributed by atoms with Crippen molar-refractivity contribution in [3.05, 3.63) is 30.1 Å². The molecule has 2 aromatic rings. The fraction of sp³-hybridized carbons (Fsp3) is 0.500. The fourth-order valence-electron chi connectivity index (χ4n) is 2.20. The SMILES string of the molecule is CCCc1nc2ccccc2n1CCCCN. The van der Waals surface area contributed by atoms with E-state index in [9.17, 15) is 0 Å². The first kappa shape index (κ1) is 12.1. The summed E-state index contributed by atoms with van der Waals surface area (Å²) in [5, 5.41) is 0. The quantitative estimate of drug-likeness (QED) is 0.777. The van der Waals surface area contributed by atoms with Gasteiger partial charge in [-0.2, -0.15) is 0 Å². The molecule has 0 unspecified atom stereocenters. The summed E-state index contributed by atoms with van der Waals surface area (Å²) in [5.74, 6) is 1.21. The zero-order valence-corrected chi connectivity index (χ0v) is 10.5. The second-order valence-electron chi connectivity index (χ2n) is 4.41. The number of hydrogen-bond acceptors (Lipinski definition) is 2. The van der Waals surface area contributed by atoms with Gasteiger partial charge in [0.1, 0.15) is 5.82 Å². The molecule has 1 aromatic heterocycles. The van der Waals surface area contributed by atoms with Crippen molar-refractivity contribution in [1.82, 2.24) is 9.55 Å². The van der Waals surface area contributed by atoms with Gasteiger partial charge in [-0.25, -0.2) is 4.98 Å². The molecular weight excluding hydrogens is 210 g/mol. The number of aryl methyl sites for hydroxylation is 2. The van der Waals surface area contributed by atoms with E-state index in [4.69, 9.17) is 10.7 Å². The molecule has 0 amide bonds. The van der Waals surface area contributed by atoms with Crippen LogP contribution in [0.2, 0.25) is 0 Å². The Balaban J connectivity index is 2.30. The molecule has 0 aliphatic carbocycles. The molecule has 0 fully saturated rings. The van der Waals surface area contributed by atoms with Crippen molar-refractivity contribution in [2.24, 2.45) is 5.73 Å². The predicted octanol–water partition coefficient (Wildman–Crippen LogP) is 2.73. The molecule has 2 N–H and O–H groups in total. The van der Waals surface area contributed by atoms with Crippen molar-refractivity contribution >= 4 is 11.0 Å². The largest absolute Gasteiger partial charge is 0.330 e. The molecule has 1 aromatic carbocycles. The van der Waals surface area contributed by atoms with Crippen molar-refractivity contribution in [2.75, 3.05) is 6.54 Å². The van der Waals surface area contributed by atoms with Gasteiger partial charge < -0.3 is 10.3 Å². The molecule has 0 saturated carbocycles. The van der Waals surface area contributed by atoms with Crippen molar-refractivity contribution in [3.8, 4) is 0 Å². The van der Waals surface area contributed by atoms with Crippen LogP contribution >= 0.6 is 0 Å². The Labute approximate surface area is 103 Å². The van der Waals surface area contributed by atoms with Crippen LogP contribution in [0.15, 0.2) is 24.3 Å². The molecule has 1 heterocycles. The number of nitrogens with two attached hydrogens (primary N) is 1. The zero-order chi connectivity index (χ0) is 12.1. The summed E-state index contributed by atoms with van der Waals surface area (Å²) in [5.41, 5.74) is 7.92. The second kappa shape index (κ2) is 5.82. The van der Waals surface area contributed by atoms with Crippen LogP contribution in [-0.2, 0) is 13.0 Å². The molecule has 0 bridgehead atoms. The number of rotatable bonds is 6. The summed E-state index contributed by atoms with van der Waals surface area (Å²) in [6.45, 7) is 4.01. The first-order valence-electron chi connectivity index (χ1n) is 6.51. The number of hydrogen-bond donors (Lipinski definition) is 1. The average molecular weight is 231 g/mol. The van der Waals surface area contributed by atoms with Crippen molar-refractivity contribution in [3.63, 3.8) is 0 Å². The Morgan fingerprint density at radius 2 is 2.06 bits per heavy atom. The minimum atomic E-state index is 0.774. The standard InChI is InChI=1S/C14H21N3/c1-2-7-14-16-12-8-3-4-9-13(12)17(14)11-6-5-10-15/h3-4,8-9H,2,5-7,10-11,15H2,1H3. The lowest BCUT2D eigenvalue weighted by molar-refractivity contribution is 0.598. The summed E-state index contributed by atoms with van der Waals surface area (Å²) in [7, 11) is 0. The van der Waals surface area contributed by atoms with Gasteiger partial charge in [-0.1, -0.05) is 19.1 Å². The molecule has 0 atom stereocenters. The molecule has 92 valence electrons. The maximum Gasteiger partial charge on any atom is 0.109 e. The Bertz CT molecular complexity index is 473. The second-order valence-corrected chi connectivity index (χ2v) is 4.41. The lowest BCUT2D eigenvalue weighted by Gasteiger charge is -2.07. The van der Waals surface area contributed by atoms with E-state index in [0.717, 1.165) is 44.3 Å². The number of benzene rings is 1. The molecular formula is C14H21N3. The number of aromatic nitrogens is 2. The topological polar surface area (TPSA) is 43.8 Å². The Kier molecular flexibility index (Phi) is 4.15. The van der Waals surface area contributed by atoms with Crippen LogP contribution < -0.4 is 5.73 Å². The highest BCUT2D eigenvalue weighted by atomic mass is 15.1. The van der Waals surface area contributed by atoms with E-state index in [0.29, 0.717) is 0 Å². The minimum absolute atomic E-state index is 0.774. The van der Waals surface area contributed by atoms with Gasteiger partial charge in [-0.05, 0) is 37.9 Å². The van der Waals surface area contributed by atoms with E-state index in [2.05, 4.69) is 35.8 Å². The first-order valence-corrected chi connectivity index (χ1v) is 6.51. The van der Waals surface area contributed by atoms with Gasteiger partial charge in [0, 0.05) is 13.0 Å². The molecule has 17 heavy (non-hydrogen) atoms. The van der Waals surface area contributed by atoms with Crippen LogP contribution in [-0.4, -0.2) is 16.1 Å². The first-order chi connectivity index (χ1) is 8.36. The molecule has 2 rings (SSSR count). The number of imidazole rings is 1. The zero-order valence-electron chi connectivity index (χ0n) is 10.5. The van der Waals surface area contributed by atoms with E-state index in [-0.39, 0.29) is 0 Å². The van der Waals surface area contributed by atoms with Crippen LogP contribution in [0, 0.1) is 0 Å². The smallest absolute Gasteiger partial charge is 0.109 e. The maximum absolute atomic E-state index is 5.55. The third-order valence-electron chi connectivity index (χ3n) is 3.04. The Hall–Kier alpha value is -1.35. The highest BCUT2D eigenvalue weighted by Gasteiger charge is 2.08. The Morgan fingerprint density at radius 3 is 2.82 bits per heavy atom. The van der Waals surface area contributed by atoms with Crippen molar-refractivity contribution in [1.29, 1.82) is 0 Å². The lowest BCUT2D eigenvalue weighted by Crippen LogP contribution is -2.06. The van der Waals surface area contributed by atoms with Gasteiger partial charge >= 0.3 is 0 Å². The number of para-hydroxylation sites is 2. The van der Waals surface area contributed by atoms with Crippen LogP contribution in [0.5, 0.6) is 0 Å². The molecule has 3 nitrogen and oxygen atoms in total. The molecule has 0 aliphatic rings. The molecule has 3 heteroatoms. The molecule has 0 spiro atoms. The summed E-state index contributed by atoms with van der Waals surface area (Å²) in [6, 6.07) is 8.38. The maximum atomic E-state index is 5.55. The van der Waals surface area contributed by atoms with Gasteiger partial charge in [0.15, 0.2) is 0 Å². The van der Waals surface area contributed by atoms with E-state index in [1.807, 2.05) is 0 Å². The highest BCUT2D eigenvalue weighted by molar-refractivity contribution is 5.75. The molecule has 0 saturated heterocycles. The number of fused-ring (bicyclic) bond motifs is 1. The van der Waals surface area contributed by atoms with Gasteiger partial charge in [0.2, 0.25) is 0 Å². The van der Waals surface area contributed by atoms with Crippen LogP contribution in [0.25, 0.3) is 11.0 Å². The summed E-state index contributed by atoms with van der Waals surface area (Å²) < 4.78 is 2.36. The highest BCUT2D eigenvalue weighted by Crippen LogP contribution is 2.17. The van der Waals surface area contributed by atoms with Gasteiger partial charge in [-0.3, -0.25) is 0 Å². The third kappa shape index (κ3) is 2.67. The fourth-order valence-corrected chi connectivity index (χ4v) is 2.20. The normalized spacial score (nSPS) is 11.2.